The Morgan fingerprint density at radius 3 is 2.00 bits per heavy atom. The Hall–Kier alpha value is -2.59. The first-order valence-corrected chi connectivity index (χ1v) is 10.8. The molecule has 0 radical (unpaired) electrons. The summed E-state index contributed by atoms with van der Waals surface area (Å²) in [5.41, 5.74) is -1.01. The van der Waals surface area contributed by atoms with Crippen LogP contribution in [-0.4, -0.2) is 70.5 Å². The molecule has 2 aliphatic heterocycles. The molecule has 0 aromatic rings. The third-order valence-electron chi connectivity index (χ3n) is 5.25. The number of rotatable bonds is 13. The Kier molecular flexibility index (Phi) is 8.68. The highest BCUT2D eigenvalue weighted by molar-refractivity contribution is 6.12. The maximum absolute atomic E-state index is 11.8. The van der Waals surface area contributed by atoms with Gasteiger partial charge in [-0.2, -0.15) is 0 Å². The molecule has 1 saturated heterocycles. The third-order valence-corrected chi connectivity index (χ3v) is 5.25. The highest BCUT2D eigenvalue weighted by Gasteiger charge is 2.33. The largest absolute Gasteiger partial charge is 0.375 e. The summed E-state index contributed by atoms with van der Waals surface area (Å²) < 4.78 is 11.8. The van der Waals surface area contributed by atoms with E-state index in [0.717, 1.165) is 0 Å². The van der Waals surface area contributed by atoms with E-state index >= 15 is 0 Å². The van der Waals surface area contributed by atoms with Gasteiger partial charge in [-0.05, 0) is 47.0 Å². The van der Waals surface area contributed by atoms with Crippen LogP contribution in [0, 0.1) is 0 Å². The van der Waals surface area contributed by atoms with E-state index in [2.05, 4.69) is 0 Å². The minimum atomic E-state index is -0.648. The summed E-state index contributed by atoms with van der Waals surface area (Å²) in [6.45, 7) is 8.65. The van der Waals surface area contributed by atoms with Gasteiger partial charge in [-0.1, -0.05) is 0 Å². The Morgan fingerprint density at radius 2 is 1.41 bits per heavy atom. The lowest BCUT2D eigenvalue weighted by molar-refractivity contribution is -0.197. The molecule has 0 saturated carbocycles. The zero-order valence-corrected chi connectivity index (χ0v) is 19.2. The average Bonchev–Trinajstić information content (AvgIpc) is 3.19. The van der Waals surface area contributed by atoms with Gasteiger partial charge in [0.05, 0.1) is 24.2 Å². The van der Waals surface area contributed by atoms with Crippen LogP contribution in [0.5, 0.6) is 0 Å². The van der Waals surface area contributed by atoms with Crippen LogP contribution in [0.3, 0.4) is 0 Å². The van der Waals surface area contributed by atoms with E-state index in [9.17, 15) is 24.0 Å². The van der Waals surface area contributed by atoms with Crippen molar-refractivity contribution in [2.24, 2.45) is 0 Å². The van der Waals surface area contributed by atoms with Gasteiger partial charge in [0.15, 0.2) is 0 Å². The van der Waals surface area contributed by atoms with Crippen molar-refractivity contribution in [3.8, 4) is 0 Å². The number of nitrogens with zero attached hydrogens (tertiary/aromatic N) is 2. The fourth-order valence-corrected chi connectivity index (χ4v) is 3.12. The second kappa shape index (κ2) is 10.8. The molecule has 0 aliphatic carbocycles. The molecular weight excluding hydrogens is 420 g/mol. The van der Waals surface area contributed by atoms with Gasteiger partial charge in [-0.15, -0.1) is 5.06 Å². The van der Waals surface area contributed by atoms with E-state index < -0.39 is 29.0 Å². The first kappa shape index (κ1) is 25.7. The fourth-order valence-electron chi connectivity index (χ4n) is 3.12. The van der Waals surface area contributed by atoms with Crippen LogP contribution in [-0.2, 0) is 38.3 Å². The summed E-state index contributed by atoms with van der Waals surface area (Å²) >= 11 is 0. The lowest BCUT2D eigenvalue weighted by atomic mass is 10.0. The van der Waals surface area contributed by atoms with Crippen molar-refractivity contribution < 1.29 is 38.3 Å². The number of ether oxygens (including phenoxy) is 2. The number of imide groups is 2. The molecule has 0 unspecified atom stereocenters. The van der Waals surface area contributed by atoms with Gasteiger partial charge in [-0.25, -0.2) is 4.79 Å². The maximum atomic E-state index is 11.8. The summed E-state index contributed by atoms with van der Waals surface area (Å²) in [7, 11) is 0. The van der Waals surface area contributed by atoms with E-state index in [0.29, 0.717) is 44.1 Å². The van der Waals surface area contributed by atoms with E-state index in [4.69, 9.17) is 14.3 Å². The number of carbonyl (C=O) groups is 5. The van der Waals surface area contributed by atoms with Crippen molar-refractivity contribution in [1.82, 2.24) is 9.96 Å². The van der Waals surface area contributed by atoms with E-state index in [1.165, 1.54) is 17.1 Å². The number of carbonyl (C=O) groups excluding carboxylic acids is 5. The average molecular weight is 453 g/mol. The standard InChI is InChI=1S/C22H32N2O8/c1-21(2,11-13-23-16(25)7-8-17(23)26)31-15-12-22(3,4)30-14-5-6-20(29)32-24-18(27)9-10-19(24)28/h7-8H,5-6,9-15H2,1-4H3. The first-order chi connectivity index (χ1) is 14.9. The molecule has 0 bridgehead atoms. The van der Waals surface area contributed by atoms with E-state index in [1.54, 1.807) is 0 Å². The first-order valence-electron chi connectivity index (χ1n) is 10.8. The fraction of sp³-hybridized carbons (Fsp3) is 0.682. The van der Waals surface area contributed by atoms with Crippen molar-refractivity contribution in [2.45, 2.75) is 77.4 Å². The molecule has 0 N–H and O–H groups in total. The topological polar surface area (TPSA) is 120 Å². The minimum absolute atomic E-state index is 0.0273. The number of hydrogen-bond acceptors (Lipinski definition) is 8. The Labute approximate surface area is 187 Å². The van der Waals surface area contributed by atoms with Crippen LogP contribution in [0.1, 0.15) is 66.2 Å². The summed E-state index contributed by atoms with van der Waals surface area (Å²) in [5.74, 6) is -2.26. The molecule has 0 spiro atoms. The van der Waals surface area contributed by atoms with Gasteiger partial charge < -0.3 is 14.3 Å². The van der Waals surface area contributed by atoms with Gasteiger partial charge in [0.2, 0.25) is 0 Å². The number of hydroxylamine groups is 2. The molecule has 4 amide bonds. The van der Waals surface area contributed by atoms with Gasteiger partial charge in [0, 0.05) is 38.1 Å². The Bertz CT molecular complexity index is 753. The highest BCUT2D eigenvalue weighted by Crippen LogP contribution is 2.21. The van der Waals surface area contributed by atoms with Gasteiger partial charge >= 0.3 is 5.97 Å². The maximum Gasteiger partial charge on any atom is 0.333 e. The summed E-state index contributed by atoms with van der Waals surface area (Å²) in [5, 5.41) is 0.540. The molecular formula is C22H32N2O8. The molecule has 0 atom stereocenters. The van der Waals surface area contributed by atoms with Crippen LogP contribution in [0.15, 0.2) is 12.2 Å². The number of amides is 4. The molecule has 0 aromatic heterocycles. The van der Waals surface area contributed by atoms with Crippen LogP contribution >= 0.6 is 0 Å². The normalized spacial score (nSPS) is 17.1. The summed E-state index contributed by atoms with van der Waals surface area (Å²) in [6.07, 6.45) is 4.18. The van der Waals surface area contributed by atoms with Gasteiger partial charge in [0.1, 0.15) is 0 Å². The second-order valence-electron chi connectivity index (χ2n) is 9.03. The Balaban J connectivity index is 1.60. The SMILES string of the molecule is CC(C)(CCOC(C)(C)CCN1C(=O)C=CC1=O)OCCCC(=O)ON1C(=O)CCC1=O. The van der Waals surface area contributed by atoms with Gasteiger partial charge in [-0.3, -0.25) is 24.1 Å². The van der Waals surface area contributed by atoms with Gasteiger partial charge in [0.25, 0.3) is 23.6 Å². The number of hydrogen-bond donors (Lipinski definition) is 0. The lowest BCUT2D eigenvalue weighted by Gasteiger charge is -2.30. The minimum Gasteiger partial charge on any atom is -0.375 e. The molecule has 32 heavy (non-hydrogen) atoms. The monoisotopic (exact) mass is 452 g/mol. The molecule has 1 fully saturated rings. The zero-order chi connectivity index (χ0) is 23.9. The van der Waals surface area contributed by atoms with Crippen LogP contribution < -0.4 is 0 Å². The molecule has 2 heterocycles. The van der Waals surface area contributed by atoms with Crippen molar-refractivity contribution in [2.75, 3.05) is 19.8 Å². The summed E-state index contributed by atoms with van der Waals surface area (Å²) in [4.78, 5) is 64.0. The van der Waals surface area contributed by atoms with Crippen LogP contribution in [0.4, 0.5) is 0 Å². The predicted octanol–water partition coefficient (Wildman–Crippen LogP) is 1.67. The molecule has 10 nitrogen and oxygen atoms in total. The van der Waals surface area contributed by atoms with Crippen molar-refractivity contribution in [3.05, 3.63) is 12.2 Å². The Morgan fingerprint density at radius 1 is 0.875 bits per heavy atom. The van der Waals surface area contributed by atoms with Crippen molar-refractivity contribution in [3.63, 3.8) is 0 Å². The van der Waals surface area contributed by atoms with Crippen LogP contribution in [0.25, 0.3) is 0 Å². The molecule has 2 rings (SSSR count). The van der Waals surface area contributed by atoms with Crippen molar-refractivity contribution >= 4 is 29.6 Å². The quantitative estimate of drug-likeness (QED) is 0.306. The van der Waals surface area contributed by atoms with Crippen LogP contribution in [0.2, 0.25) is 0 Å². The second-order valence-corrected chi connectivity index (χ2v) is 9.03. The van der Waals surface area contributed by atoms with E-state index in [1.807, 2.05) is 27.7 Å². The zero-order valence-electron chi connectivity index (χ0n) is 19.2. The van der Waals surface area contributed by atoms with Crippen molar-refractivity contribution in [1.29, 1.82) is 0 Å². The molecule has 2 aliphatic rings. The smallest absolute Gasteiger partial charge is 0.333 e. The molecule has 178 valence electrons. The third kappa shape index (κ3) is 7.83. The predicted molar refractivity (Wildman–Crippen MR) is 112 cm³/mol. The van der Waals surface area contributed by atoms with E-state index in [-0.39, 0.29) is 31.1 Å². The highest BCUT2D eigenvalue weighted by atomic mass is 16.7. The molecule has 10 heteroatoms. The molecule has 0 aromatic carbocycles. The lowest BCUT2D eigenvalue weighted by Crippen LogP contribution is -2.37. The summed E-state index contributed by atoms with van der Waals surface area (Å²) in [6, 6.07) is 0.